The zero-order valence-electron chi connectivity index (χ0n) is 18.7. The van der Waals surface area contributed by atoms with Crippen LogP contribution < -0.4 is 16.0 Å². The molecule has 0 spiro atoms. The number of hydrogen-bond acceptors (Lipinski definition) is 5. The Morgan fingerprint density at radius 2 is 1.97 bits per heavy atom. The van der Waals surface area contributed by atoms with Crippen LogP contribution in [0.4, 0.5) is 10.5 Å². The zero-order valence-corrected chi connectivity index (χ0v) is 18.7. The molecule has 172 valence electrons. The molecular weight excluding hydrogens is 408 g/mol. The number of anilines is 1. The van der Waals surface area contributed by atoms with E-state index in [9.17, 15) is 14.7 Å². The summed E-state index contributed by atoms with van der Waals surface area (Å²) >= 11 is 0. The smallest absolute Gasteiger partial charge is 0.405 e. The first-order valence-electron chi connectivity index (χ1n) is 11.3. The molecule has 2 aliphatic rings. The van der Waals surface area contributed by atoms with Crippen molar-refractivity contribution in [1.29, 1.82) is 0 Å². The Morgan fingerprint density at radius 1 is 1.22 bits per heavy atom. The molecule has 1 saturated heterocycles. The summed E-state index contributed by atoms with van der Waals surface area (Å²) in [5, 5.41) is 16.4. The SMILES string of the molecule is CC(=O)N1c2ccc(-c3cnn(CCN4CCC(N)CC4)c3)cc2C(NC(=O)O)CC1C. The number of carbonyl (C=O) groups is 2. The number of fused-ring (bicyclic) bond motifs is 1. The molecule has 1 aromatic heterocycles. The molecule has 9 heteroatoms. The lowest BCUT2D eigenvalue weighted by Gasteiger charge is -2.39. The van der Waals surface area contributed by atoms with Crippen LogP contribution in [0.1, 0.15) is 44.7 Å². The lowest BCUT2D eigenvalue weighted by molar-refractivity contribution is -0.117. The monoisotopic (exact) mass is 440 g/mol. The first-order valence-corrected chi connectivity index (χ1v) is 11.3. The van der Waals surface area contributed by atoms with Gasteiger partial charge in [-0.2, -0.15) is 5.10 Å². The quantitative estimate of drug-likeness (QED) is 0.657. The molecule has 0 saturated carbocycles. The number of nitrogens with two attached hydrogens (primary N) is 1. The summed E-state index contributed by atoms with van der Waals surface area (Å²) in [6, 6.07) is 5.73. The van der Waals surface area contributed by atoms with E-state index in [2.05, 4.69) is 15.3 Å². The summed E-state index contributed by atoms with van der Waals surface area (Å²) < 4.78 is 1.94. The Morgan fingerprint density at radius 3 is 2.66 bits per heavy atom. The lowest BCUT2D eigenvalue weighted by Crippen LogP contribution is -2.45. The van der Waals surface area contributed by atoms with Crippen molar-refractivity contribution in [2.24, 2.45) is 5.73 Å². The molecule has 2 unspecified atom stereocenters. The van der Waals surface area contributed by atoms with Crippen LogP contribution in [0.25, 0.3) is 11.1 Å². The van der Waals surface area contributed by atoms with Crippen LogP contribution in [0.3, 0.4) is 0 Å². The molecule has 2 atom stereocenters. The minimum Gasteiger partial charge on any atom is -0.465 e. The number of likely N-dealkylation sites (tertiary alicyclic amines) is 1. The fraction of sp³-hybridized carbons (Fsp3) is 0.522. The van der Waals surface area contributed by atoms with E-state index in [0.717, 1.165) is 61.4 Å². The Kier molecular flexibility index (Phi) is 6.48. The van der Waals surface area contributed by atoms with Crippen molar-refractivity contribution in [3.05, 3.63) is 36.2 Å². The van der Waals surface area contributed by atoms with Gasteiger partial charge in [0.25, 0.3) is 0 Å². The van der Waals surface area contributed by atoms with E-state index in [1.807, 2.05) is 42.2 Å². The van der Waals surface area contributed by atoms with Crippen molar-refractivity contribution in [2.75, 3.05) is 24.5 Å². The van der Waals surface area contributed by atoms with Gasteiger partial charge in [-0.05, 0) is 62.5 Å². The number of benzene rings is 1. The van der Waals surface area contributed by atoms with Gasteiger partial charge in [0.15, 0.2) is 0 Å². The van der Waals surface area contributed by atoms with Crippen LogP contribution >= 0.6 is 0 Å². The van der Waals surface area contributed by atoms with Gasteiger partial charge in [0, 0.05) is 43.0 Å². The third kappa shape index (κ3) is 4.78. The minimum atomic E-state index is -1.07. The highest BCUT2D eigenvalue weighted by atomic mass is 16.4. The first-order chi connectivity index (χ1) is 15.3. The maximum atomic E-state index is 12.2. The second-order valence-corrected chi connectivity index (χ2v) is 8.92. The molecule has 0 aliphatic carbocycles. The Bertz CT molecular complexity index is 982. The maximum absolute atomic E-state index is 12.2. The van der Waals surface area contributed by atoms with Crippen LogP contribution in [0.15, 0.2) is 30.6 Å². The van der Waals surface area contributed by atoms with Gasteiger partial charge < -0.3 is 26.0 Å². The number of piperidine rings is 1. The average molecular weight is 441 g/mol. The molecule has 3 heterocycles. The topological polar surface area (TPSA) is 117 Å². The van der Waals surface area contributed by atoms with Crippen LogP contribution in [0.5, 0.6) is 0 Å². The van der Waals surface area contributed by atoms with Gasteiger partial charge in [-0.1, -0.05) is 6.07 Å². The highest BCUT2D eigenvalue weighted by molar-refractivity contribution is 5.94. The Labute approximate surface area is 188 Å². The van der Waals surface area contributed by atoms with Crippen molar-refractivity contribution in [1.82, 2.24) is 20.0 Å². The molecule has 32 heavy (non-hydrogen) atoms. The van der Waals surface area contributed by atoms with Crippen LogP contribution in [0.2, 0.25) is 0 Å². The van der Waals surface area contributed by atoms with Gasteiger partial charge in [0.2, 0.25) is 5.91 Å². The van der Waals surface area contributed by atoms with Gasteiger partial charge in [0.05, 0.1) is 18.8 Å². The van der Waals surface area contributed by atoms with E-state index >= 15 is 0 Å². The van der Waals surface area contributed by atoms with E-state index in [4.69, 9.17) is 5.73 Å². The van der Waals surface area contributed by atoms with Crippen LogP contribution in [-0.4, -0.2) is 63.5 Å². The first kappa shape index (κ1) is 22.3. The van der Waals surface area contributed by atoms with Gasteiger partial charge in [-0.3, -0.25) is 9.48 Å². The number of nitrogens with one attached hydrogen (secondary N) is 1. The van der Waals surface area contributed by atoms with E-state index < -0.39 is 6.09 Å². The van der Waals surface area contributed by atoms with Crippen molar-refractivity contribution in [2.45, 2.75) is 57.8 Å². The molecule has 1 fully saturated rings. The van der Waals surface area contributed by atoms with Gasteiger partial charge in [-0.15, -0.1) is 0 Å². The molecule has 1 aromatic carbocycles. The summed E-state index contributed by atoms with van der Waals surface area (Å²) in [6.07, 6.45) is 5.40. The number of aromatic nitrogens is 2. The molecule has 2 amide bonds. The number of amides is 2. The average Bonchev–Trinajstić information content (AvgIpc) is 3.21. The predicted octanol–water partition coefficient (Wildman–Crippen LogP) is 2.43. The Hall–Kier alpha value is -2.91. The minimum absolute atomic E-state index is 0.0493. The zero-order chi connectivity index (χ0) is 22.8. The Balaban J connectivity index is 1.53. The number of nitrogens with zero attached hydrogens (tertiary/aromatic N) is 4. The number of carboxylic acid groups (broad SMARTS) is 1. The summed E-state index contributed by atoms with van der Waals surface area (Å²) in [6.45, 7) is 7.29. The summed E-state index contributed by atoms with van der Waals surface area (Å²) in [5.74, 6) is -0.0493. The highest BCUT2D eigenvalue weighted by Gasteiger charge is 2.33. The summed E-state index contributed by atoms with van der Waals surface area (Å²) in [5.41, 5.74) is 9.48. The van der Waals surface area contributed by atoms with Crippen LogP contribution in [0, 0.1) is 0 Å². The van der Waals surface area contributed by atoms with E-state index in [0.29, 0.717) is 12.5 Å². The fourth-order valence-corrected chi connectivity index (χ4v) is 4.86. The number of carbonyl (C=O) groups excluding carboxylic acids is 1. The third-order valence-corrected chi connectivity index (χ3v) is 6.56. The van der Waals surface area contributed by atoms with E-state index in [-0.39, 0.29) is 18.0 Å². The van der Waals surface area contributed by atoms with Crippen molar-refractivity contribution >= 4 is 17.7 Å². The fourth-order valence-electron chi connectivity index (χ4n) is 4.86. The molecule has 4 N–H and O–H groups in total. The van der Waals surface area contributed by atoms with Crippen molar-refractivity contribution in [3.63, 3.8) is 0 Å². The third-order valence-electron chi connectivity index (χ3n) is 6.56. The van der Waals surface area contributed by atoms with Crippen molar-refractivity contribution in [3.8, 4) is 11.1 Å². The molecular formula is C23H32N6O3. The summed E-state index contributed by atoms with van der Waals surface area (Å²) in [4.78, 5) is 27.8. The van der Waals surface area contributed by atoms with Crippen LogP contribution in [-0.2, 0) is 11.3 Å². The molecule has 9 nitrogen and oxygen atoms in total. The van der Waals surface area contributed by atoms with E-state index in [1.165, 1.54) is 0 Å². The van der Waals surface area contributed by atoms with Gasteiger partial charge in [-0.25, -0.2) is 4.79 Å². The number of hydrogen-bond donors (Lipinski definition) is 3. The largest absolute Gasteiger partial charge is 0.465 e. The van der Waals surface area contributed by atoms with E-state index in [1.54, 1.807) is 11.8 Å². The van der Waals surface area contributed by atoms with Gasteiger partial charge in [0.1, 0.15) is 0 Å². The molecule has 2 aliphatic heterocycles. The molecule has 0 bridgehead atoms. The molecule has 0 radical (unpaired) electrons. The standard InChI is InChI=1S/C23H32N6O3/c1-15-11-21(26-23(31)32)20-12-17(3-4-22(20)29(15)16(2)30)18-13-25-28(14-18)10-9-27-7-5-19(24)6-8-27/h3-4,12-15,19,21,26H,5-11,24H2,1-2H3,(H,31,32). The highest BCUT2D eigenvalue weighted by Crippen LogP contribution is 2.39. The lowest BCUT2D eigenvalue weighted by atomic mass is 9.89. The second kappa shape index (κ2) is 9.30. The summed E-state index contributed by atoms with van der Waals surface area (Å²) in [7, 11) is 0. The predicted molar refractivity (Wildman–Crippen MR) is 122 cm³/mol. The second-order valence-electron chi connectivity index (χ2n) is 8.92. The van der Waals surface area contributed by atoms with Gasteiger partial charge >= 0.3 is 6.09 Å². The van der Waals surface area contributed by atoms with Crippen molar-refractivity contribution < 1.29 is 14.7 Å². The molecule has 2 aromatic rings. The normalized spacial score (nSPS) is 21.9. The molecule has 4 rings (SSSR count). The number of rotatable bonds is 5. The maximum Gasteiger partial charge on any atom is 0.405 e.